The summed E-state index contributed by atoms with van der Waals surface area (Å²) in [5.74, 6) is 0.489. The molecule has 0 aliphatic rings. The van der Waals surface area contributed by atoms with Crippen molar-refractivity contribution in [2.45, 2.75) is 6.92 Å². The van der Waals surface area contributed by atoms with Gasteiger partial charge in [-0.3, -0.25) is 4.79 Å². The number of anilines is 1. The van der Waals surface area contributed by atoms with Crippen LogP contribution in [-0.4, -0.2) is 25.5 Å². The van der Waals surface area contributed by atoms with Crippen LogP contribution < -0.4 is 15.8 Å². The van der Waals surface area contributed by atoms with Crippen LogP contribution in [0.25, 0.3) is 0 Å². The topological polar surface area (TPSA) is 85.9 Å². The van der Waals surface area contributed by atoms with Crippen LogP contribution in [0.4, 0.5) is 5.69 Å². The van der Waals surface area contributed by atoms with Crippen molar-refractivity contribution in [2.24, 2.45) is 10.9 Å². The predicted octanol–water partition coefficient (Wildman–Crippen LogP) is 2.34. The number of rotatable bonds is 6. The molecule has 1 heterocycles. The fourth-order valence-corrected chi connectivity index (χ4v) is 2.35. The zero-order chi connectivity index (χ0) is 15.9. The molecule has 116 valence electrons. The Kier molecular flexibility index (Phi) is 5.37. The lowest BCUT2D eigenvalue weighted by Gasteiger charge is -2.10. The van der Waals surface area contributed by atoms with Crippen molar-refractivity contribution < 1.29 is 14.4 Å². The number of thiophene rings is 1. The third-order valence-corrected chi connectivity index (χ3v) is 3.65. The molecule has 22 heavy (non-hydrogen) atoms. The van der Waals surface area contributed by atoms with Crippen LogP contribution in [0.1, 0.15) is 10.4 Å². The Hall–Kier alpha value is -2.54. The van der Waals surface area contributed by atoms with E-state index in [1.165, 1.54) is 11.3 Å². The number of nitrogens with two attached hydrogens (primary N) is 1. The Morgan fingerprint density at radius 2 is 2.23 bits per heavy atom. The Bertz CT molecular complexity index is 669. The summed E-state index contributed by atoms with van der Waals surface area (Å²) in [7, 11) is 1.54. The van der Waals surface area contributed by atoms with Gasteiger partial charge in [0.2, 0.25) is 0 Å². The molecule has 0 radical (unpaired) electrons. The highest BCUT2D eigenvalue weighted by atomic mass is 32.1. The fraction of sp³-hybridized carbons (Fsp3) is 0.200. The van der Waals surface area contributed by atoms with Gasteiger partial charge in [0.25, 0.3) is 5.91 Å². The van der Waals surface area contributed by atoms with Gasteiger partial charge >= 0.3 is 0 Å². The highest BCUT2D eigenvalue weighted by Crippen LogP contribution is 2.24. The van der Waals surface area contributed by atoms with E-state index in [1.807, 2.05) is 36.6 Å². The first-order valence-electron chi connectivity index (χ1n) is 6.54. The Balaban J connectivity index is 1.91. The molecule has 6 nitrogen and oxygen atoms in total. The van der Waals surface area contributed by atoms with Crippen LogP contribution in [-0.2, 0) is 9.63 Å². The first-order valence-corrected chi connectivity index (χ1v) is 7.42. The predicted molar refractivity (Wildman–Crippen MR) is 87.4 cm³/mol. The summed E-state index contributed by atoms with van der Waals surface area (Å²) in [5, 5.41) is 8.32. The Morgan fingerprint density at radius 3 is 2.91 bits per heavy atom. The van der Waals surface area contributed by atoms with E-state index in [2.05, 4.69) is 10.5 Å². The molecular formula is C15H17N3O3S. The van der Waals surface area contributed by atoms with E-state index in [0.29, 0.717) is 11.4 Å². The lowest BCUT2D eigenvalue weighted by atomic mass is 10.2. The van der Waals surface area contributed by atoms with Crippen molar-refractivity contribution >= 4 is 28.8 Å². The van der Waals surface area contributed by atoms with Crippen molar-refractivity contribution in [1.82, 2.24) is 0 Å². The number of nitrogens with zero attached hydrogens (tertiary/aromatic N) is 1. The minimum absolute atomic E-state index is 0.233. The molecule has 7 heteroatoms. The number of aryl methyl sites for hydroxylation is 1. The van der Waals surface area contributed by atoms with E-state index in [0.717, 1.165) is 10.4 Å². The largest absolute Gasteiger partial charge is 0.495 e. The van der Waals surface area contributed by atoms with Gasteiger partial charge in [0.05, 0.1) is 17.7 Å². The standard InChI is InChI=1S/C15H17N3O3S/c1-10-5-6-12(20-2)11(8-10)17-14(19)9-21-18-15(16)13-4-3-7-22-13/h3-8H,9H2,1-2H3,(H2,16,18)(H,17,19). The molecular weight excluding hydrogens is 302 g/mol. The molecule has 1 amide bonds. The molecule has 0 unspecified atom stereocenters. The summed E-state index contributed by atoms with van der Waals surface area (Å²) in [6.07, 6.45) is 0. The number of carbonyl (C=O) groups is 1. The van der Waals surface area contributed by atoms with Crippen molar-refractivity contribution in [3.63, 3.8) is 0 Å². The molecule has 2 aromatic rings. The first-order chi connectivity index (χ1) is 10.6. The van der Waals surface area contributed by atoms with Crippen molar-refractivity contribution in [2.75, 3.05) is 19.0 Å². The van der Waals surface area contributed by atoms with Crippen LogP contribution in [0.15, 0.2) is 40.9 Å². The maximum Gasteiger partial charge on any atom is 0.265 e. The van der Waals surface area contributed by atoms with Gasteiger partial charge in [-0.2, -0.15) is 0 Å². The third kappa shape index (κ3) is 4.23. The van der Waals surface area contributed by atoms with Gasteiger partial charge in [-0.25, -0.2) is 0 Å². The van der Waals surface area contributed by atoms with Gasteiger partial charge in [0.1, 0.15) is 5.75 Å². The highest BCUT2D eigenvalue weighted by Gasteiger charge is 2.08. The second-order valence-electron chi connectivity index (χ2n) is 4.48. The van der Waals surface area contributed by atoms with E-state index in [9.17, 15) is 4.79 Å². The maximum atomic E-state index is 11.9. The Labute approximate surface area is 132 Å². The SMILES string of the molecule is COc1ccc(C)cc1NC(=O)CO/N=C(\N)c1cccs1. The maximum absolute atomic E-state index is 11.9. The van der Waals surface area contributed by atoms with Crippen molar-refractivity contribution in [3.05, 3.63) is 46.2 Å². The van der Waals surface area contributed by atoms with Crippen LogP contribution in [0.2, 0.25) is 0 Å². The number of ether oxygens (including phenoxy) is 1. The second kappa shape index (κ2) is 7.46. The molecule has 0 saturated carbocycles. The highest BCUT2D eigenvalue weighted by molar-refractivity contribution is 7.12. The molecule has 3 N–H and O–H groups in total. The summed E-state index contributed by atoms with van der Waals surface area (Å²) < 4.78 is 5.19. The summed E-state index contributed by atoms with van der Waals surface area (Å²) in [6, 6.07) is 9.19. The molecule has 0 saturated heterocycles. The first kappa shape index (κ1) is 15.8. The molecule has 0 bridgehead atoms. The average molecular weight is 319 g/mol. The molecule has 2 rings (SSSR count). The smallest absolute Gasteiger partial charge is 0.265 e. The third-order valence-electron chi connectivity index (χ3n) is 2.76. The fourth-order valence-electron chi connectivity index (χ4n) is 1.74. The van der Waals surface area contributed by atoms with E-state index in [-0.39, 0.29) is 18.3 Å². The van der Waals surface area contributed by atoms with Crippen LogP contribution in [0.5, 0.6) is 5.75 Å². The lowest BCUT2D eigenvalue weighted by Crippen LogP contribution is -2.19. The second-order valence-corrected chi connectivity index (χ2v) is 5.43. The summed E-state index contributed by atoms with van der Waals surface area (Å²) in [6.45, 7) is 1.70. The molecule has 0 aliphatic carbocycles. The van der Waals surface area contributed by atoms with Gasteiger partial charge in [-0.1, -0.05) is 17.3 Å². The van der Waals surface area contributed by atoms with Crippen LogP contribution in [0.3, 0.4) is 0 Å². The van der Waals surface area contributed by atoms with Gasteiger partial charge in [0, 0.05) is 0 Å². The minimum atomic E-state index is -0.341. The quantitative estimate of drug-likeness (QED) is 0.486. The van der Waals surface area contributed by atoms with Crippen LogP contribution in [0, 0.1) is 6.92 Å². The molecule has 0 aliphatic heterocycles. The number of carbonyl (C=O) groups excluding carboxylic acids is 1. The average Bonchev–Trinajstić information content (AvgIpc) is 3.01. The number of methoxy groups -OCH3 is 1. The zero-order valence-electron chi connectivity index (χ0n) is 12.3. The number of hydrogen-bond acceptors (Lipinski definition) is 5. The van der Waals surface area contributed by atoms with Gasteiger partial charge in [-0.15, -0.1) is 11.3 Å². The lowest BCUT2D eigenvalue weighted by molar-refractivity contribution is -0.120. The number of nitrogens with one attached hydrogen (secondary N) is 1. The van der Waals surface area contributed by atoms with E-state index >= 15 is 0 Å². The van der Waals surface area contributed by atoms with Crippen molar-refractivity contribution in [1.29, 1.82) is 0 Å². The molecule has 0 atom stereocenters. The van der Waals surface area contributed by atoms with E-state index < -0.39 is 0 Å². The van der Waals surface area contributed by atoms with E-state index in [4.69, 9.17) is 15.3 Å². The zero-order valence-corrected chi connectivity index (χ0v) is 13.1. The summed E-state index contributed by atoms with van der Waals surface area (Å²) >= 11 is 1.45. The van der Waals surface area contributed by atoms with Gasteiger partial charge < -0.3 is 20.6 Å². The number of amides is 1. The monoisotopic (exact) mass is 319 g/mol. The van der Waals surface area contributed by atoms with E-state index in [1.54, 1.807) is 13.2 Å². The molecule has 0 fully saturated rings. The molecule has 0 spiro atoms. The normalized spacial score (nSPS) is 11.1. The van der Waals surface area contributed by atoms with Crippen molar-refractivity contribution in [3.8, 4) is 5.75 Å². The summed E-state index contributed by atoms with van der Waals surface area (Å²) in [5.41, 5.74) is 7.33. The summed E-state index contributed by atoms with van der Waals surface area (Å²) in [4.78, 5) is 17.6. The minimum Gasteiger partial charge on any atom is -0.495 e. The van der Waals surface area contributed by atoms with Gasteiger partial charge in [0.15, 0.2) is 12.4 Å². The molecule has 1 aromatic heterocycles. The number of amidine groups is 1. The Morgan fingerprint density at radius 1 is 1.41 bits per heavy atom. The molecule has 1 aromatic carbocycles. The van der Waals surface area contributed by atoms with Crippen LogP contribution >= 0.6 is 11.3 Å². The van der Waals surface area contributed by atoms with Gasteiger partial charge in [-0.05, 0) is 36.1 Å². The number of oxime groups is 1. The number of benzene rings is 1. The number of hydrogen-bond donors (Lipinski definition) is 2.